The predicted octanol–water partition coefficient (Wildman–Crippen LogP) is 0.887. The molecule has 1 aromatic carbocycles. The van der Waals surface area contributed by atoms with Gasteiger partial charge in [0.1, 0.15) is 0 Å². The van der Waals surface area contributed by atoms with Gasteiger partial charge in [-0.2, -0.15) is 0 Å². The van der Waals surface area contributed by atoms with E-state index in [0.717, 1.165) is 25.9 Å². The summed E-state index contributed by atoms with van der Waals surface area (Å²) in [5, 5.41) is 11.3. The Bertz CT molecular complexity index is 655. The lowest BCUT2D eigenvalue weighted by Crippen LogP contribution is -2.45. The highest BCUT2D eigenvalue weighted by molar-refractivity contribution is 9.10. The van der Waals surface area contributed by atoms with E-state index in [2.05, 4.69) is 26.6 Å². The Morgan fingerprint density at radius 2 is 2.19 bits per heavy atom. The van der Waals surface area contributed by atoms with Crippen molar-refractivity contribution in [3.8, 4) is 0 Å². The molecule has 1 aliphatic rings. The standard InChI is InChI=1S/C13H18BrN3O3S/c1-8-11(5-9(14)6-12(8)21(15,19)20)13(18)17-10-3-2-4-16-7-10/h5-6,10,16H,2-4,7H2,1H3,(H,17,18)(H2,15,19,20)/t10-/m0/s1. The van der Waals surface area contributed by atoms with E-state index in [1.807, 2.05) is 0 Å². The second kappa shape index (κ2) is 6.43. The number of hydrogen-bond acceptors (Lipinski definition) is 4. The molecule has 1 saturated heterocycles. The molecule has 1 aromatic rings. The first kappa shape index (κ1) is 16.4. The highest BCUT2D eigenvalue weighted by Gasteiger charge is 2.22. The van der Waals surface area contributed by atoms with E-state index in [1.54, 1.807) is 13.0 Å². The smallest absolute Gasteiger partial charge is 0.251 e. The fourth-order valence-corrected chi connectivity index (χ4v) is 3.86. The molecule has 1 aliphatic heterocycles. The monoisotopic (exact) mass is 375 g/mol. The molecule has 4 N–H and O–H groups in total. The van der Waals surface area contributed by atoms with Gasteiger partial charge in [-0.15, -0.1) is 0 Å². The summed E-state index contributed by atoms with van der Waals surface area (Å²) >= 11 is 3.22. The van der Waals surface area contributed by atoms with Gasteiger partial charge in [-0.1, -0.05) is 15.9 Å². The Hall–Kier alpha value is -0.960. The molecule has 21 heavy (non-hydrogen) atoms. The number of nitrogens with two attached hydrogens (primary N) is 1. The zero-order valence-corrected chi connectivity index (χ0v) is 14.1. The molecule has 0 bridgehead atoms. The summed E-state index contributed by atoms with van der Waals surface area (Å²) in [6, 6.07) is 3.07. The molecule has 6 nitrogen and oxygen atoms in total. The van der Waals surface area contributed by atoms with Crippen LogP contribution in [0.25, 0.3) is 0 Å². The minimum Gasteiger partial charge on any atom is -0.348 e. The predicted molar refractivity (Wildman–Crippen MR) is 83.6 cm³/mol. The van der Waals surface area contributed by atoms with Crippen molar-refractivity contribution in [3.63, 3.8) is 0 Å². The first-order valence-electron chi connectivity index (χ1n) is 6.63. The lowest BCUT2D eigenvalue weighted by Gasteiger charge is -2.24. The third-order valence-electron chi connectivity index (χ3n) is 3.51. The van der Waals surface area contributed by atoms with Crippen LogP contribution in [0.15, 0.2) is 21.5 Å². The van der Waals surface area contributed by atoms with Crippen LogP contribution in [-0.4, -0.2) is 33.5 Å². The van der Waals surface area contributed by atoms with Crippen molar-refractivity contribution in [1.82, 2.24) is 10.6 Å². The van der Waals surface area contributed by atoms with Crippen molar-refractivity contribution in [2.75, 3.05) is 13.1 Å². The van der Waals surface area contributed by atoms with Gasteiger partial charge in [-0.05, 0) is 44.0 Å². The number of nitrogens with one attached hydrogen (secondary N) is 2. The zero-order valence-electron chi connectivity index (χ0n) is 11.6. The maximum atomic E-state index is 12.4. The van der Waals surface area contributed by atoms with Crippen LogP contribution < -0.4 is 15.8 Å². The second-order valence-corrected chi connectivity index (χ2v) is 7.58. The fraction of sp³-hybridized carbons (Fsp3) is 0.462. The average molecular weight is 376 g/mol. The topological polar surface area (TPSA) is 101 Å². The molecule has 0 spiro atoms. The van der Waals surface area contributed by atoms with Gasteiger partial charge >= 0.3 is 0 Å². The molecule has 1 amide bonds. The van der Waals surface area contributed by atoms with E-state index in [0.29, 0.717) is 15.6 Å². The van der Waals surface area contributed by atoms with Gasteiger partial charge in [0.15, 0.2) is 0 Å². The lowest BCUT2D eigenvalue weighted by atomic mass is 10.0. The quantitative estimate of drug-likeness (QED) is 0.729. The van der Waals surface area contributed by atoms with Crippen LogP contribution in [0.1, 0.15) is 28.8 Å². The molecule has 0 aliphatic carbocycles. The molecule has 0 radical (unpaired) electrons. The minimum absolute atomic E-state index is 0.0382. The van der Waals surface area contributed by atoms with E-state index in [4.69, 9.17) is 5.14 Å². The first-order valence-corrected chi connectivity index (χ1v) is 8.97. The summed E-state index contributed by atoms with van der Waals surface area (Å²) < 4.78 is 23.7. The van der Waals surface area contributed by atoms with Crippen molar-refractivity contribution in [2.45, 2.75) is 30.7 Å². The van der Waals surface area contributed by atoms with Gasteiger partial charge in [0, 0.05) is 22.6 Å². The molecule has 0 saturated carbocycles. The molecule has 8 heteroatoms. The minimum atomic E-state index is -3.87. The van der Waals surface area contributed by atoms with Crippen molar-refractivity contribution < 1.29 is 13.2 Å². The maximum absolute atomic E-state index is 12.4. The summed E-state index contributed by atoms with van der Waals surface area (Å²) in [4.78, 5) is 12.3. The van der Waals surface area contributed by atoms with E-state index in [1.165, 1.54) is 6.07 Å². The molecule has 0 aromatic heterocycles. The number of sulfonamides is 1. The maximum Gasteiger partial charge on any atom is 0.251 e. The van der Waals surface area contributed by atoms with Gasteiger partial charge in [0.2, 0.25) is 10.0 Å². The van der Waals surface area contributed by atoms with Crippen molar-refractivity contribution in [3.05, 3.63) is 27.7 Å². The van der Waals surface area contributed by atoms with Gasteiger partial charge in [-0.25, -0.2) is 13.6 Å². The van der Waals surface area contributed by atoms with Crippen molar-refractivity contribution in [2.24, 2.45) is 5.14 Å². The Morgan fingerprint density at radius 1 is 1.48 bits per heavy atom. The number of hydrogen-bond donors (Lipinski definition) is 3. The van der Waals surface area contributed by atoms with Crippen molar-refractivity contribution >= 4 is 31.9 Å². The summed E-state index contributed by atoms with van der Waals surface area (Å²) in [5.74, 6) is -0.285. The van der Waals surface area contributed by atoms with Crippen LogP contribution in [0.4, 0.5) is 0 Å². The zero-order chi connectivity index (χ0) is 15.6. The summed E-state index contributed by atoms with van der Waals surface area (Å²) in [6.07, 6.45) is 1.92. The highest BCUT2D eigenvalue weighted by Crippen LogP contribution is 2.24. The SMILES string of the molecule is Cc1c(C(=O)N[C@H]2CCCNC2)cc(Br)cc1S(N)(=O)=O. The number of amides is 1. The van der Waals surface area contributed by atoms with Crippen molar-refractivity contribution in [1.29, 1.82) is 0 Å². The van der Waals surface area contributed by atoms with Crippen LogP contribution >= 0.6 is 15.9 Å². The third-order valence-corrected chi connectivity index (χ3v) is 5.00. The molecular weight excluding hydrogens is 358 g/mol. The van der Waals surface area contributed by atoms with Crippen LogP contribution in [0.5, 0.6) is 0 Å². The molecule has 1 fully saturated rings. The number of piperidine rings is 1. The lowest BCUT2D eigenvalue weighted by molar-refractivity contribution is 0.0929. The summed E-state index contributed by atoms with van der Waals surface area (Å²) in [6.45, 7) is 3.26. The summed E-state index contributed by atoms with van der Waals surface area (Å²) in [5.41, 5.74) is 0.681. The Balaban J connectivity index is 2.30. The van der Waals surface area contributed by atoms with E-state index in [-0.39, 0.29) is 16.8 Å². The number of carbonyl (C=O) groups is 1. The van der Waals surface area contributed by atoms with E-state index >= 15 is 0 Å². The number of benzene rings is 1. The molecule has 2 rings (SSSR count). The van der Waals surface area contributed by atoms with Gasteiger partial charge < -0.3 is 10.6 Å². The summed E-state index contributed by atoms with van der Waals surface area (Å²) in [7, 11) is -3.87. The average Bonchev–Trinajstić information content (AvgIpc) is 2.40. The Kier molecular flexibility index (Phi) is 5.03. The number of carbonyl (C=O) groups excluding carboxylic acids is 1. The number of primary sulfonamides is 1. The van der Waals surface area contributed by atoms with Gasteiger partial charge in [0.25, 0.3) is 5.91 Å². The molecule has 1 heterocycles. The van der Waals surface area contributed by atoms with E-state index < -0.39 is 10.0 Å². The Morgan fingerprint density at radius 3 is 2.76 bits per heavy atom. The van der Waals surface area contributed by atoms with Crippen LogP contribution in [0, 0.1) is 6.92 Å². The highest BCUT2D eigenvalue weighted by atomic mass is 79.9. The number of rotatable bonds is 3. The normalized spacial score (nSPS) is 19.3. The van der Waals surface area contributed by atoms with Gasteiger partial charge in [0.05, 0.1) is 4.90 Å². The molecule has 116 valence electrons. The molecule has 0 unspecified atom stereocenters. The second-order valence-electron chi connectivity index (χ2n) is 5.14. The largest absolute Gasteiger partial charge is 0.348 e. The van der Waals surface area contributed by atoms with Crippen LogP contribution in [0.2, 0.25) is 0 Å². The van der Waals surface area contributed by atoms with Crippen LogP contribution in [0.3, 0.4) is 0 Å². The third kappa shape index (κ3) is 4.03. The molecular formula is C13H18BrN3O3S. The first-order chi connectivity index (χ1) is 9.79. The van der Waals surface area contributed by atoms with Gasteiger partial charge in [-0.3, -0.25) is 4.79 Å². The van der Waals surface area contributed by atoms with E-state index in [9.17, 15) is 13.2 Å². The number of halogens is 1. The Labute approximate surface area is 132 Å². The molecule has 1 atom stereocenters. The fourth-order valence-electron chi connectivity index (χ4n) is 2.42. The van der Waals surface area contributed by atoms with Crippen LogP contribution in [-0.2, 0) is 10.0 Å².